The fourth-order valence-electron chi connectivity index (χ4n) is 10.1. The van der Waals surface area contributed by atoms with Crippen molar-refractivity contribution >= 4 is 17.5 Å². The molecular formula is C54H52N2. The maximum absolute atomic E-state index is 5.11. The Kier molecular flexibility index (Phi) is 10.1. The fourth-order valence-corrected chi connectivity index (χ4v) is 10.1. The summed E-state index contributed by atoms with van der Waals surface area (Å²) in [6.45, 7) is 5.67. The number of anilines is 1. The molecule has 0 saturated heterocycles. The van der Waals surface area contributed by atoms with E-state index in [1.54, 1.807) is 5.57 Å². The number of hydrogen-bond donors (Lipinski definition) is 1. The van der Waals surface area contributed by atoms with Crippen molar-refractivity contribution < 1.29 is 0 Å². The predicted octanol–water partition coefficient (Wildman–Crippen LogP) is 13.4. The Labute approximate surface area is 333 Å². The van der Waals surface area contributed by atoms with Crippen molar-refractivity contribution in [1.82, 2.24) is 0 Å². The first-order valence-electron chi connectivity index (χ1n) is 20.7. The van der Waals surface area contributed by atoms with E-state index in [1.165, 1.54) is 56.5 Å². The number of nitrogens with one attached hydrogen (secondary N) is 1. The molecule has 0 saturated carbocycles. The van der Waals surface area contributed by atoms with Gasteiger partial charge in [-0.05, 0) is 106 Å². The van der Waals surface area contributed by atoms with E-state index in [4.69, 9.17) is 4.99 Å². The van der Waals surface area contributed by atoms with Gasteiger partial charge in [0.2, 0.25) is 0 Å². The lowest BCUT2D eigenvalue weighted by Crippen LogP contribution is -2.42. The molecule has 6 atom stereocenters. The molecule has 5 unspecified atom stereocenters. The Morgan fingerprint density at radius 2 is 1.52 bits per heavy atom. The van der Waals surface area contributed by atoms with Gasteiger partial charge in [-0.25, -0.2) is 0 Å². The Hall–Kier alpha value is -5.73. The lowest BCUT2D eigenvalue weighted by molar-refractivity contribution is 0.283. The number of rotatable bonds is 10. The van der Waals surface area contributed by atoms with Gasteiger partial charge in [0.15, 0.2) is 0 Å². The third kappa shape index (κ3) is 6.66. The first-order chi connectivity index (χ1) is 27.6. The summed E-state index contributed by atoms with van der Waals surface area (Å²) in [6, 6.07) is 47.5. The van der Waals surface area contributed by atoms with E-state index in [0.717, 1.165) is 31.5 Å². The Balaban J connectivity index is 1.11. The lowest BCUT2D eigenvalue weighted by atomic mass is 9.56. The van der Waals surface area contributed by atoms with Gasteiger partial charge in [0.1, 0.15) is 0 Å². The van der Waals surface area contributed by atoms with Crippen molar-refractivity contribution in [3.05, 3.63) is 204 Å². The summed E-state index contributed by atoms with van der Waals surface area (Å²) in [4.78, 5) is 5.11. The smallest absolute Gasteiger partial charge is 0.0713 e. The number of aliphatic imine (C=N–C) groups is 1. The van der Waals surface area contributed by atoms with E-state index in [2.05, 4.69) is 201 Å². The average Bonchev–Trinajstić information content (AvgIpc) is 3.56. The highest BCUT2D eigenvalue weighted by Gasteiger charge is 2.53. The Bertz CT molecular complexity index is 2370. The summed E-state index contributed by atoms with van der Waals surface area (Å²) in [6.07, 6.45) is 25.1. The fraction of sp³-hybridized carbons (Fsp3) is 0.241. The van der Waals surface area contributed by atoms with Crippen molar-refractivity contribution in [2.45, 2.75) is 56.9 Å². The molecule has 4 aliphatic carbocycles. The number of benzene rings is 5. The topological polar surface area (TPSA) is 24.4 Å². The number of fused-ring (bicyclic) bond motifs is 2. The number of nitrogens with zero attached hydrogens (tertiary/aromatic N) is 1. The molecule has 9 rings (SSSR count). The van der Waals surface area contributed by atoms with Crippen LogP contribution in [-0.2, 0) is 5.41 Å². The van der Waals surface area contributed by atoms with Crippen molar-refractivity contribution in [1.29, 1.82) is 0 Å². The molecule has 0 aromatic heterocycles. The normalized spacial score (nSPS) is 24.3. The van der Waals surface area contributed by atoms with Crippen molar-refractivity contribution in [2.75, 3.05) is 11.9 Å². The van der Waals surface area contributed by atoms with E-state index >= 15 is 0 Å². The minimum absolute atomic E-state index is 0.0838. The van der Waals surface area contributed by atoms with Crippen LogP contribution in [0.25, 0.3) is 27.8 Å². The van der Waals surface area contributed by atoms with Crippen LogP contribution in [0.2, 0.25) is 0 Å². The van der Waals surface area contributed by atoms with Gasteiger partial charge in [-0.15, -0.1) is 0 Å². The number of para-hydroxylation sites is 1. The minimum atomic E-state index is -0.223. The summed E-state index contributed by atoms with van der Waals surface area (Å²) in [7, 11) is 0. The molecular weight excluding hydrogens is 677 g/mol. The van der Waals surface area contributed by atoms with Gasteiger partial charge < -0.3 is 5.32 Å². The maximum atomic E-state index is 5.11. The Morgan fingerprint density at radius 1 is 0.714 bits per heavy atom. The van der Waals surface area contributed by atoms with Gasteiger partial charge in [0.05, 0.1) is 6.04 Å². The third-order valence-corrected chi connectivity index (χ3v) is 12.8. The summed E-state index contributed by atoms with van der Waals surface area (Å²) in [5, 5.41) is 3.95. The van der Waals surface area contributed by atoms with Crippen molar-refractivity contribution in [2.24, 2.45) is 22.7 Å². The molecule has 278 valence electrons. The molecule has 0 heterocycles. The van der Waals surface area contributed by atoms with Crippen LogP contribution < -0.4 is 5.32 Å². The molecule has 2 nitrogen and oxygen atoms in total. The van der Waals surface area contributed by atoms with Crippen LogP contribution >= 0.6 is 0 Å². The SMILES string of the molecule is CC1CC=CC2=C1C(c1ccccc1)(C1C=CCCC1C)c1cc(-c3ccccc3NC[C@H](C=NC3C=CC=CC3)c3cccc(-c4ccccc4)c3)ccc12. The van der Waals surface area contributed by atoms with Gasteiger partial charge in [-0.2, -0.15) is 0 Å². The number of allylic oxidation sites excluding steroid dienone is 8. The van der Waals surface area contributed by atoms with Crippen molar-refractivity contribution in [3.63, 3.8) is 0 Å². The Morgan fingerprint density at radius 3 is 2.34 bits per heavy atom. The zero-order valence-electron chi connectivity index (χ0n) is 32.7. The molecule has 0 spiro atoms. The van der Waals surface area contributed by atoms with E-state index in [0.29, 0.717) is 17.8 Å². The minimum Gasteiger partial charge on any atom is -0.384 e. The summed E-state index contributed by atoms with van der Waals surface area (Å²) >= 11 is 0. The molecule has 5 aromatic carbocycles. The van der Waals surface area contributed by atoms with Crippen LogP contribution in [0.15, 0.2) is 187 Å². The van der Waals surface area contributed by atoms with E-state index in [1.807, 2.05) is 0 Å². The zero-order valence-corrected chi connectivity index (χ0v) is 32.7. The highest BCUT2D eigenvalue weighted by atomic mass is 14.9. The monoisotopic (exact) mass is 728 g/mol. The molecule has 5 aromatic rings. The second kappa shape index (κ2) is 15.8. The zero-order chi connectivity index (χ0) is 37.9. The van der Waals surface area contributed by atoms with Crippen LogP contribution in [-0.4, -0.2) is 18.8 Å². The summed E-state index contributed by atoms with van der Waals surface area (Å²) in [5.41, 5.74) is 14.4. The first-order valence-corrected chi connectivity index (χ1v) is 20.7. The quantitative estimate of drug-likeness (QED) is 0.112. The van der Waals surface area contributed by atoms with Gasteiger partial charge in [-0.3, -0.25) is 4.99 Å². The van der Waals surface area contributed by atoms with Gasteiger partial charge in [-0.1, -0.05) is 178 Å². The molecule has 0 fully saturated rings. The van der Waals surface area contributed by atoms with E-state index < -0.39 is 0 Å². The molecule has 0 amide bonds. The summed E-state index contributed by atoms with van der Waals surface area (Å²) in [5.74, 6) is 1.49. The van der Waals surface area contributed by atoms with Gasteiger partial charge >= 0.3 is 0 Å². The predicted molar refractivity (Wildman–Crippen MR) is 238 cm³/mol. The molecule has 0 bridgehead atoms. The van der Waals surface area contributed by atoms with Gasteiger partial charge in [0, 0.05) is 35.3 Å². The largest absolute Gasteiger partial charge is 0.384 e. The van der Waals surface area contributed by atoms with Gasteiger partial charge in [0.25, 0.3) is 0 Å². The molecule has 4 aliphatic rings. The maximum Gasteiger partial charge on any atom is 0.0713 e. The first kappa shape index (κ1) is 35.9. The number of hydrogen-bond acceptors (Lipinski definition) is 2. The second-order valence-electron chi connectivity index (χ2n) is 16.2. The average molecular weight is 729 g/mol. The van der Waals surface area contributed by atoms with Crippen molar-refractivity contribution in [3.8, 4) is 22.3 Å². The summed E-state index contributed by atoms with van der Waals surface area (Å²) < 4.78 is 0. The van der Waals surface area contributed by atoms with E-state index in [9.17, 15) is 0 Å². The van der Waals surface area contributed by atoms with Crippen LogP contribution in [0, 0.1) is 17.8 Å². The van der Waals surface area contributed by atoms with Crippen LogP contribution in [0.4, 0.5) is 5.69 Å². The van der Waals surface area contributed by atoms with Crippen LogP contribution in [0.1, 0.15) is 67.7 Å². The van der Waals surface area contributed by atoms with Crippen LogP contribution in [0.5, 0.6) is 0 Å². The molecule has 1 N–H and O–H groups in total. The third-order valence-electron chi connectivity index (χ3n) is 12.8. The molecule has 0 aliphatic heterocycles. The van der Waals surface area contributed by atoms with E-state index in [-0.39, 0.29) is 17.4 Å². The lowest BCUT2D eigenvalue weighted by Gasteiger charge is -2.46. The van der Waals surface area contributed by atoms with Crippen LogP contribution in [0.3, 0.4) is 0 Å². The second-order valence-corrected chi connectivity index (χ2v) is 16.2. The molecule has 0 radical (unpaired) electrons. The molecule has 2 heteroatoms. The highest BCUT2D eigenvalue weighted by molar-refractivity contribution is 5.92. The molecule has 56 heavy (non-hydrogen) atoms. The highest BCUT2D eigenvalue weighted by Crippen LogP contribution is 2.61. The standard InChI is InChI=1S/C54H52N2/c1-38-18-12-14-30-50(38)54(45-24-8-4-9-25-45)51-35-43(32-33-48(51)49-29-16-19-39(2)53(49)54)47-28-13-15-31-52(47)56-37-44(36-55-46-26-10-5-11-27-46)42-23-17-22-41(34-42)40-20-6-3-7-21-40/h3-11,13-17,20-26,28-36,38-39,44,46,50,56H,12,18-19,27,37H2,1-2H3/t38?,39?,44-,46?,50?,54?/m0/s1.